The molecule has 0 atom stereocenters. The number of nitrogens with zero attached hydrogens (tertiary/aromatic N) is 3. The molecule has 0 aliphatic carbocycles. The molecule has 1 aromatic heterocycles. The van der Waals surface area contributed by atoms with Crippen molar-refractivity contribution in [3.63, 3.8) is 0 Å². The highest BCUT2D eigenvalue weighted by molar-refractivity contribution is 6.13. The Morgan fingerprint density at radius 1 is 1.06 bits per heavy atom. The SMILES string of the molecule is CC(=O)NN=C(c1ccc(CN2CCC3(CC2)OCc2cc(F)ncc23)cc1)c1ccc(F)c(F)c1. The van der Waals surface area contributed by atoms with Crippen molar-refractivity contribution in [1.82, 2.24) is 15.3 Å². The van der Waals surface area contributed by atoms with Gasteiger partial charge in [-0.2, -0.15) is 9.49 Å². The van der Waals surface area contributed by atoms with E-state index in [4.69, 9.17) is 4.74 Å². The lowest BCUT2D eigenvalue weighted by Gasteiger charge is -2.39. The van der Waals surface area contributed by atoms with Crippen LogP contribution in [0.25, 0.3) is 0 Å². The molecule has 0 bridgehead atoms. The third-order valence-corrected chi connectivity index (χ3v) is 6.77. The summed E-state index contributed by atoms with van der Waals surface area (Å²) < 4.78 is 46.9. The topological polar surface area (TPSA) is 66.8 Å². The number of likely N-dealkylation sites (tertiary alicyclic amines) is 1. The number of carbonyl (C=O) groups is 1. The Labute approximate surface area is 206 Å². The number of amides is 1. The number of ether oxygens (including phenoxy) is 1. The van der Waals surface area contributed by atoms with Gasteiger partial charge < -0.3 is 4.74 Å². The average Bonchev–Trinajstić information content (AvgIpc) is 3.20. The van der Waals surface area contributed by atoms with Gasteiger partial charge in [0.2, 0.25) is 11.9 Å². The van der Waals surface area contributed by atoms with Crippen LogP contribution in [0.1, 0.15) is 47.6 Å². The van der Waals surface area contributed by atoms with Crippen molar-refractivity contribution in [3.8, 4) is 0 Å². The quantitative estimate of drug-likeness (QED) is 0.324. The first kappa shape index (κ1) is 24.1. The van der Waals surface area contributed by atoms with Crippen molar-refractivity contribution in [2.45, 2.75) is 38.5 Å². The lowest BCUT2D eigenvalue weighted by atomic mass is 9.84. The molecule has 2 aromatic carbocycles. The summed E-state index contributed by atoms with van der Waals surface area (Å²) in [6.45, 7) is 4.11. The van der Waals surface area contributed by atoms with Crippen molar-refractivity contribution in [1.29, 1.82) is 0 Å². The van der Waals surface area contributed by atoms with Gasteiger partial charge in [-0.15, -0.1) is 0 Å². The zero-order valence-corrected chi connectivity index (χ0v) is 19.7. The van der Waals surface area contributed by atoms with Crippen LogP contribution < -0.4 is 5.43 Å². The molecule has 0 radical (unpaired) electrons. The van der Waals surface area contributed by atoms with E-state index in [1.165, 1.54) is 19.1 Å². The van der Waals surface area contributed by atoms with Crippen LogP contribution in [0.4, 0.5) is 13.2 Å². The first-order chi connectivity index (χ1) is 17.3. The Hall–Kier alpha value is -3.56. The molecule has 1 spiro atoms. The summed E-state index contributed by atoms with van der Waals surface area (Å²) in [6.07, 6.45) is 3.21. The molecule has 1 fully saturated rings. The number of nitrogens with one attached hydrogen (secondary N) is 1. The minimum atomic E-state index is -0.989. The Morgan fingerprint density at radius 3 is 2.47 bits per heavy atom. The van der Waals surface area contributed by atoms with Gasteiger partial charge in [-0.1, -0.05) is 24.3 Å². The molecule has 0 unspecified atom stereocenters. The van der Waals surface area contributed by atoms with Gasteiger partial charge in [0.05, 0.1) is 17.9 Å². The number of pyridine rings is 1. The monoisotopic (exact) mass is 494 g/mol. The lowest BCUT2D eigenvalue weighted by Crippen LogP contribution is -2.42. The summed E-state index contributed by atoms with van der Waals surface area (Å²) >= 11 is 0. The van der Waals surface area contributed by atoms with Gasteiger partial charge in [-0.25, -0.2) is 19.2 Å². The van der Waals surface area contributed by atoms with E-state index in [9.17, 15) is 18.0 Å². The van der Waals surface area contributed by atoms with Crippen molar-refractivity contribution in [3.05, 3.63) is 100 Å². The zero-order chi connectivity index (χ0) is 25.3. The number of rotatable bonds is 5. The minimum Gasteiger partial charge on any atom is -0.365 e. The molecule has 3 heterocycles. The van der Waals surface area contributed by atoms with E-state index < -0.39 is 23.2 Å². The van der Waals surface area contributed by atoms with Crippen LogP contribution in [-0.2, 0) is 28.3 Å². The molecular weight excluding hydrogens is 469 g/mol. The molecule has 1 saturated heterocycles. The van der Waals surface area contributed by atoms with Gasteiger partial charge in [0.25, 0.3) is 0 Å². The van der Waals surface area contributed by atoms with Crippen LogP contribution >= 0.6 is 0 Å². The molecule has 186 valence electrons. The maximum Gasteiger partial charge on any atom is 0.236 e. The Bertz CT molecular complexity index is 1320. The summed E-state index contributed by atoms with van der Waals surface area (Å²) in [5, 5.41) is 4.12. The summed E-state index contributed by atoms with van der Waals surface area (Å²) in [4.78, 5) is 17.6. The largest absolute Gasteiger partial charge is 0.365 e. The standard InChI is InChI=1S/C27H25F3N4O2/c1-17(35)32-33-26(20-6-7-23(28)24(29)12-20)19-4-2-18(3-5-19)15-34-10-8-27(9-11-34)22-14-31-25(30)13-21(22)16-36-27/h2-7,12-14H,8-11,15-16H2,1H3,(H,32,35). The second-order valence-electron chi connectivity index (χ2n) is 9.18. The van der Waals surface area contributed by atoms with Crippen LogP contribution in [0.2, 0.25) is 0 Å². The molecule has 2 aliphatic heterocycles. The minimum absolute atomic E-state index is 0.331. The van der Waals surface area contributed by atoms with E-state index in [2.05, 4.69) is 20.4 Å². The maximum atomic E-state index is 13.8. The third kappa shape index (κ3) is 4.89. The third-order valence-electron chi connectivity index (χ3n) is 6.77. The summed E-state index contributed by atoms with van der Waals surface area (Å²) in [5.41, 5.74) is 6.28. The number of aromatic nitrogens is 1. The van der Waals surface area contributed by atoms with Gasteiger partial charge in [0, 0.05) is 49.4 Å². The summed E-state index contributed by atoms with van der Waals surface area (Å²) in [6, 6.07) is 12.6. The predicted molar refractivity (Wildman–Crippen MR) is 127 cm³/mol. The average molecular weight is 495 g/mol. The van der Waals surface area contributed by atoms with Crippen LogP contribution in [0.3, 0.4) is 0 Å². The smallest absolute Gasteiger partial charge is 0.236 e. The number of hydrogen-bond donors (Lipinski definition) is 1. The summed E-state index contributed by atoms with van der Waals surface area (Å²) in [7, 11) is 0. The molecular formula is C27H25F3N4O2. The van der Waals surface area contributed by atoms with Gasteiger partial charge in [0.1, 0.15) is 0 Å². The van der Waals surface area contributed by atoms with Crippen LogP contribution in [0, 0.1) is 17.6 Å². The Morgan fingerprint density at radius 2 is 1.78 bits per heavy atom. The molecule has 1 N–H and O–H groups in total. The molecule has 36 heavy (non-hydrogen) atoms. The van der Waals surface area contributed by atoms with Crippen LogP contribution in [0.5, 0.6) is 0 Å². The number of halogens is 3. The molecule has 0 saturated carbocycles. The number of fused-ring (bicyclic) bond motifs is 2. The number of hydrogen-bond acceptors (Lipinski definition) is 5. The maximum absolute atomic E-state index is 13.8. The van der Waals surface area contributed by atoms with Crippen molar-refractivity contribution < 1.29 is 22.7 Å². The van der Waals surface area contributed by atoms with E-state index >= 15 is 0 Å². The van der Waals surface area contributed by atoms with Gasteiger partial charge in [0.15, 0.2) is 11.6 Å². The number of hydrazone groups is 1. The molecule has 9 heteroatoms. The second kappa shape index (κ2) is 9.83. The van der Waals surface area contributed by atoms with E-state index in [-0.39, 0.29) is 5.91 Å². The molecule has 2 aliphatic rings. The zero-order valence-electron chi connectivity index (χ0n) is 19.7. The fraction of sp³-hybridized carbons (Fsp3) is 0.296. The van der Waals surface area contributed by atoms with Crippen molar-refractivity contribution >= 4 is 11.6 Å². The molecule has 5 rings (SSSR count). The molecule has 6 nitrogen and oxygen atoms in total. The summed E-state index contributed by atoms with van der Waals surface area (Å²) in [5.74, 6) is -2.79. The van der Waals surface area contributed by atoms with Gasteiger partial charge in [-0.3, -0.25) is 9.69 Å². The fourth-order valence-electron chi connectivity index (χ4n) is 4.88. The second-order valence-corrected chi connectivity index (χ2v) is 9.18. The number of carbonyl (C=O) groups excluding carboxylic acids is 1. The Kier molecular flexibility index (Phi) is 6.59. The highest BCUT2D eigenvalue weighted by Crippen LogP contribution is 2.44. The van der Waals surface area contributed by atoms with Crippen molar-refractivity contribution in [2.24, 2.45) is 5.10 Å². The molecule has 3 aromatic rings. The van der Waals surface area contributed by atoms with Gasteiger partial charge in [-0.05, 0) is 48.2 Å². The fourth-order valence-corrected chi connectivity index (χ4v) is 4.88. The van der Waals surface area contributed by atoms with Crippen LogP contribution in [-0.4, -0.2) is 34.6 Å². The molecule has 1 amide bonds. The van der Waals surface area contributed by atoms with E-state index in [1.807, 2.05) is 24.3 Å². The van der Waals surface area contributed by atoms with E-state index in [1.54, 1.807) is 6.20 Å². The lowest BCUT2D eigenvalue weighted by molar-refractivity contribution is -0.118. The van der Waals surface area contributed by atoms with E-state index in [0.717, 1.165) is 61.3 Å². The van der Waals surface area contributed by atoms with Crippen LogP contribution in [0.15, 0.2) is 59.8 Å². The highest BCUT2D eigenvalue weighted by atomic mass is 19.2. The van der Waals surface area contributed by atoms with Gasteiger partial charge >= 0.3 is 0 Å². The Balaban J connectivity index is 1.27. The first-order valence-corrected chi connectivity index (χ1v) is 11.7. The predicted octanol–water partition coefficient (Wildman–Crippen LogP) is 4.41. The van der Waals surface area contributed by atoms with E-state index in [0.29, 0.717) is 23.4 Å². The normalized spacial score (nSPS) is 17.3. The number of benzene rings is 2. The first-order valence-electron chi connectivity index (χ1n) is 11.7. The van der Waals surface area contributed by atoms with Crippen molar-refractivity contribution in [2.75, 3.05) is 13.1 Å². The highest BCUT2D eigenvalue weighted by Gasteiger charge is 2.43. The number of piperidine rings is 1.